The third kappa shape index (κ3) is 3.84. The summed E-state index contributed by atoms with van der Waals surface area (Å²) in [5.74, 6) is 0. The Hall–Kier alpha value is -2.88. The van der Waals surface area contributed by atoms with Crippen LogP contribution in [0.4, 0.5) is 4.79 Å². The molecule has 0 aromatic heterocycles. The molecule has 2 unspecified atom stereocenters. The van der Waals surface area contributed by atoms with Gasteiger partial charge in [-0.3, -0.25) is 4.90 Å². The van der Waals surface area contributed by atoms with Crippen molar-refractivity contribution in [3.05, 3.63) is 70.8 Å². The molecule has 0 spiro atoms. The number of aryl methyl sites for hydroxylation is 1. The van der Waals surface area contributed by atoms with Gasteiger partial charge in [0.25, 0.3) is 0 Å². The fraction of sp³-hybridized carbons (Fsp3) is 0.391. The molecule has 1 N–H and O–H groups in total. The van der Waals surface area contributed by atoms with Gasteiger partial charge in [-0.1, -0.05) is 36.4 Å². The molecule has 2 atom stereocenters. The zero-order valence-electron chi connectivity index (χ0n) is 16.4. The Morgan fingerprint density at radius 2 is 1.93 bits per heavy atom. The fourth-order valence-electron chi connectivity index (χ4n) is 4.54. The number of fused-ring (bicyclic) bond motifs is 2. The molecular formula is C23H24N2O4. The highest BCUT2D eigenvalue weighted by atomic mass is 16.6. The molecule has 1 amide bonds. The average Bonchev–Trinajstić information content (AvgIpc) is 2.72. The Kier molecular flexibility index (Phi) is 5.27. The summed E-state index contributed by atoms with van der Waals surface area (Å²) in [6, 6.07) is 16.5. The average molecular weight is 392 g/mol. The molecule has 0 aliphatic carbocycles. The summed E-state index contributed by atoms with van der Waals surface area (Å²) in [6.07, 6.45) is 0.374. The number of ether oxygens (including phenoxy) is 2. The van der Waals surface area contributed by atoms with Crippen LogP contribution in [0.25, 0.3) is 0 Å². The molecule has 0 saturated carbocycles. The summed E-state index contributed by atoms with van der Waals surface area (Å²) >= 11 is 0. The van der Waals surface area contributed by atoms with E-state index in [1.165, 1.54) is 0 Å². The minimum Gasteiger partial charge on any atom is -0.445 e. The van der Waals surface area contributed by atoms with Crippen molar-refractivity contribution in [1.82, 2.24) is 4.90 Å². The van der Waals surface area contributed by atoms with Crippen LogP contribution in [0.2, 0.25) is 0 Å². The molecule has 2 bridgehead atoms. The second-order valence-electron chi connectivity index (χ2n) is 7.87. The SMILES string of the molecule is Cc1cc(C#N)ccc1C1(O)CC2COCC(C1)N2C(=O)OCc1ccccc1. The van der Waals surface area contributed by atoms with Crippen LogP contribution in [-0.4, -0.2) is 41.4 Å². The lowest BCUT2D eigenvalue weighted by molar-refractivity contribution is -0.137. The van der Waals surface area contributed by atoms with Gasteiger partial charge >= 0.3 is 6.09 Å². The Balaban J connectivity index is 1.51. The van der Waals surface area contributed by atoms with E-state index in [0.29, 0.717) is 31.6 Å². The number of morpholine rings is 1. The predicted octanol–water partition coefficient (Wildman–Crippen LogP) is 3.25. The molecule has 2 heterocycles. The van der Waals surface area contributed by atoms with Crippen LogP contribution in [-0.2, 0) is 21.7 Å². The molecule has 2 aliphatic rings. The molecule has 29 heavy (non-hydrogen) atoms. The minimum atomic E-state index is -1.06. The van der Waals surface area contributed by atoms with E-state index in [9.17, 15) is 9.90 Å². The number of carbonyl (C=O) groups excluding carboxylic acids is 1. The smallest absolute Gasteiger partial charge is 0.410 e. The van der Waals surface area contributed by atoms with Crippen LogP contribution in [0.5, 0.6) is 0 Å². The number of nitrogens with zero attached hydrogens (tertiary/aromatic N) is 2. The van der Waals surface area contributed by atoms with E-state index in [1.807, 2.05) is 43.3 Å². The number of piperidine rings is 1. The van der Waals surface area contributed by atoms with Gasteiger partial charge in [0.1, 0.15) is 6.61 Å². The zero-order chi connectivity index (χ0) is 20.4. The summed E-state index contributed by atoms with van der Waals surface area (Å²) in [5.41, 5.74) is 2.13. The second kappa shape index (κ2) is 7.86. The highest BCUT2D eigenvalue weighted by molar-refractivity contribution is 5.69. The van der Waals surface area contributed by atoms with Crippen LogP contribution in [0.1, 0.15) is 35.1 Å². The first-order valence-electron chi connectivity index (χ1n) is 9.80. The largest absolute Gasteiger partial charge is 0.445 e. The Morgan fingerprint density at radius 1 is 1.24 bits per heavy atom. The maximum absolute atomic E-state index is 12.8. The van der Waals surface area contributed by atoms with E-state index < -0.39 is 5.60 Å². The molecule has 2 saturated heterocycles. The van der Waals surface area contributed by atoms with E-state index >= 15 is 0 Å². The summed E-state index contributed by atoms with van der Waals surface area (Å²) in [4.78, 5) is 14.5. The molecule has 6 nitrogen and oxygen atoms in total. The Bertz CT molecular complexity index is 924. The first-order chi connectivity index (χ1) is 14.0. The first kappa shape index (κ1) is 19.4. The third-order valence-electron chi connectivity index (χ3n) is 5.83. The highest BCUT2D eigenvalue weighted by Gasteiger charge is 2.49. The maximum atomic E-state index is 12.8. The molecule has 150 valence electrons. The molecule has 4 rings (SSSR count). The van der Waals surface area contributed by atoms with Gasteiger partial charge < -0.3 is 14.6 Å². The van der Waals surface area contributed by atoms with Crippen molar-refractivity contribution >= 4 is 6.09 Å². The molecule has 0 radical (unpaired) electrons. The summed E-state index contributed by atoms with van der Waals surface area (Å²) in [5, 5.41) is 20.6. The van der Waals surface area contributed by atoms with Crippen LogP contribution >= 0.6 is 0 Å². The normalized spacial score (nSPS) is 25.9. The minimum absolute atomic E-state index is 0.218. The van der Waals surface area contributed by atoms with E-state index in [-0.39, 0.29) is 24.8 Å². The van der Waals surface area contributed by atoms with Gasteiger partial charge in [0.2, 0.25) is 0 Å². The van der Waals surface area contributed by atoms with Crippen LogP contribution < -0.4 is 0 Å². The molecule has 2 aliphatic heterocycles. The zero-order valence-corrected chi connectivity index (χ0v) is 16.4. The maximum Gasteiger partial charge on any atom is 0.410 e. The third-order valence-corrected chi connectivity index (χ3v) is 5.83. The molecule has 2 fully saturated rings. The van der Waals surface area contributed by atoms with Gasteiger partial charge in [-0.25, -0.2) is 4.79 Å². The second-order valence-corrected chi connectivity index (χ2v) is 7.87. The van der Waals surface area contributed by atoms with Gasteiger partial charge in [-0.15, -0.1) is 0 Å². The number of hydrogen-bond acceptors (Lipinski definition) is 5. The summed E-state index contributed by atoms with van der Waals surface area (Å²) < 4.78 is 11.2. The fourth-order valence-corrected chi connectivity index (χ4v) is 4.54. The van der Waals surface area contributed by atoms with Crippen LogP contribution in [0.15, 0.2) is 48.5 Å². The lowest BCUT2D eigenvalue weighted by atomic mass is 9.75. The number of aliphatic hydroxyl groups is 1. The van der Waals surface area contributed by atoms with E-state index in [4.69, 9.17) is 14.7 Å². The standard InChI is InChI=1S/C23H24N2O4/c1-16-9-18(12-24)7-8-21(16)23(27)10-19-14-28-15-20(11-23)25(19)22(26)29-13-17-5-3-2-4-6-17/h2-9,19-20,27H,10-11,13-15H2,1H3. The lowest BCUT2D eigenvalue weighted by Crippen LogP contribution is -2.62. The van der Waals surface area contributed by atoms with Gasteiger partial charge in [-0.05, 0) is 35.7 Å². The highest BCUT2D eigenvalue weighted by Crippen LogP contribution is 2.42. The van der Waals surface area contributed by atoms with Gasteiger partial charge in [0, 0.05) is 12.8 Å². The van der Waals surface area contributed by atoms with Crippen molar-refractivity contribution < 1.29 is 19.4 Å². The van der Waals surface area contributed by atoms with Crippen molar-refractivity contribution in [3.8, 4) is 6.07 Å². The van der Waals surface area contributed by atoms with Gasteiger partial charge in [0.05, 0.1) is 42.5 Å². The molecular weight excluding hydrogens is 368 g/mol. The topological polar surface area (TPSA) is 82.8 Å². The van der Waals surface area contributed by atoms with Crippen molar-refractivity contribution in [2.45, 2.75) is 44.1 Å². The quantitative estimate of drug-likeness (QED) is 0.867. The van der Waals surface area contributed by atoms with Crippen LogP contribution in [0.3, 0.4) is 0 Å². The van der Waals surface area contributed by atoms with E-state index in [1.54, 1.807) is 17.0 Å². The molecule has 6 heteroatoms. The van der Waals surface area contributed by atoms with Crippen LogP contribution in [0, 0.1) is 18.3 Å². The summed E-state index contributed by atoms with van der Waals surface area (Å²) in [7, 11) is 0. The summed E-state index contributed by atoms with van der Waals surface area (Å²) in [6.45, 7) is 2.86. The van der Waals surface area contributed by atoms with Crippen molar-refractivity contribution in [3.63, 3.8) is 0 Å². The number of benzene rings is 2. The first-order valence-corrected chi connectivity index (χ1v) is 9.80. The lowest BCUT2D eigenvalue weighted by Gasteiger charge is -2.51. The molecule has 2 aromatic carbocycles. The van der Waals surface area contributed by atoms with E-state index in [2.05, 4.69) is 6.07 Å². The predicted molar refractivity (Wildman–Crippen MR) is 106 cm³/mol. The number of amides is 1. The Morgan fingerprint density at radius 3 is 2.55 bits per heavy atom. The molecule has 2 aromatic rings. The van der Waals surface area contributed by atoms with Crippen molar-refractivity contribution in [1.29, 1.82) is 5.26 Å². The van der Waals surface area contributed by atoms with Gasteiger partial charge in [0.15, 0.2) is 0 Å². The Labute approximate surface area is 170 Å². The van der Waals surface area contributed by atoms with Gasteiger partial charge in [-0.2, -0.15) is 5.26 Å². The number of rotatable bonds is 3. The monoisotopic (exact) mass is 392 g/mol. The van der Waals surface area contributed by atoms with Crippen molar-refractivity contribution in [2.24, 2.45) is 0 Å². The number of hydrogen-bond donors (Lipinski definition) is 1. The van der Waals surface area contributed by atoms with Crippen molar-refractivity contribution in [2.75, 3.05) is 13.2 Å². The number of carbonyl (C=O) groups is 1. The van der Waals surface area contributed by atoms with E-state index in [0.717, 1.165) is 16.7 Å². The number of nitriles is 1.